The van der Waals surface area contributed by atoms with Gasteiger partial charge in [0, 0.05) is 51.4 Å². The third-order valence-electron chi connectivity index (χ3n) is 0.596. The molecule has 0 fully saturated rings. The van der Waals surface area contributed by atoms with Gasteiger partial charge in [-0.2, -0.15) is 8.42 Å². The second kappa shape index (κ2) is 4.38. The second-order valence-electron chi connectivity index (χ2n) is 1.56. The average Bonchev–Trinajstić information content (AvgIpc) is 1.31. The molecule has 0 aromatic carbocycles. The van der Waals surface area contributed by atoms with Crippen LogP contribution in [-0.4, -0.2) is 69.6 Å². The van der Waals surface area contributed by atoms with E-state index in [-0.39, 0.29) is 51.4 Å². The fourth-order valence-electron chi connectivity index (χ4n) is 0. The maximum Gasteiger partial charge on any atom is 0.267 e. The van der Waals surface area contributed by atoms with Crippen LogP contribution in [0.2, 0.25) is 0 Å². The zero-order chi connectivity index (χ0) is 6.08. The monoisotopic (exact) mass is 163 g/mol. The SMILES string of the molecule is CC(C)S(=O)(=O)O.[K]. The molecule has 0 rings (SSSR count). The van der Waals surface area contributed by atoms with E-state index in [9.17, 15) is 8.42 Å². The number of hydrogen-bond donors (Lipinski definition) is 1. The predicted octanol–water partition coefficient (Wildman–Crippen LogP) is -0.0982. The van der Waals surface area contributed by atoms with Crippen molar-refractivity contribution >= 4 is 61.5 Å². The third kappa shape index (κ3) is 5.68. The number of rotatable bonds is 1. The zero-order valence-corrected chi connectivity index (χ0v) is 9.19. The Morgan fingerprint density at radius 3 is 1.50 bits per heavy atom. The molecular formula is C3H8KO3S. The van der Waals surface area contributed by atoms with Gasteiger partial charge in [-0.25, -0.2) is 0 Å². The summed E-state index contributed by atoms with van der Waals surface area (Å²) in [5, 5.41) is -0.674. The molecular weight excluding hydrogens is 155 g/mol. The maximum absolute atomic E-state index is 9.89. The summed E-state index contributed by atoms with van der Waals surface area (Å²) >= 11 is 0. The van der Waals surface area contributed by atoms with E-state index in [1.807, 2.05) is 0 Å². The summed E-state index contributed by atoms with van der Waals surface area (Å²) in [6.45, 7) is 2.82. The van der Waals surface area contributed by atoms with Crippen molar-refractivity contribution < 1.29 is 13.0 Å². The van der Waals surface area contributed by atoms with Gasteiger partial charge in [0.15, 0.2) is 0 Å². The molecule has 0 amide bonds. The maximum atomic E-state index is 9.89. The Morgan fingerprint density at radius 2 is 1.50 bits per heavy atom. The largest absolute Gasteiger partial charge is 0.285 e. The number of hydrogen-bond acceptors (Lipinski definition) is 2. The minimum absolute atomic E-state index is 0. The molecule has 0 unspecified atom stereocenters. The van der Waals surface area contributed by atoms with Crippen molar-refractivity contribution in [1.82, 2.24) is 0 Å². The van der Waals surface area contributed by atoms with Crippen molar-refractivity contribution in [3.05, 3.63) is 0 Å². The van der Waals surface area contributed by atoms with Crippen LogP contribution in [0.25, 0.3) is 0 Å². The van der Waals surface area contributed by atoms with Crippen molar-refractivity contribution in [2.45, 2.75) is 19.1 Å². The van der Waals surface area contributed by atoms with Crippen molar-refractivity contribution in [3.63, 3.8) is 0 Å². The summed E-state index contributed by atoms with van der Waals surface area (Å²) < 4.78 is 27.8. The van der Waals surface area contributed by atoms with Gasteiger partial charge in [-0.1, -0.05) is 0 Å². The summed E-state index contributed by atoms with van der Waals surface area (Å²) in [6.07, 6.45) is 0. The van der Waals surface area contributed by atoms with Gasteiger partial charge in [0.25, 0.3) is 10.1 Å². The van der Waals surface area contributed by atoms with Crippen LogP contribution in [0.3, 0.4) is 0 Å². The molecule has 0 aromatic heterocycles. The molecule has 0 aliphatic heterocycles. The standard InChI is InChI=1S/C3H8O3S.K/c1-3(2)7(4,5)6;/h3H,1-2H3,(H,4,5,6);. The van der Waals surface area contributed by atoms with Gasteiger partial charge in [-0.3, -0.25) is 4.55 Å². The van der Waals surface area contributed by atoms with Gasteiger partial charge in [0.2, 0.25) is 0 Å². The van der Waals surface area contributed by atoms with Crippen LogP contribution in [0.5, 0.6) is 0 Å². The van der Waals surface area contributed by atoms with Crippen molar-refractivity contribution in [2.24, 2.45) is 0 Å². The van der Waals surface area contributed by atoms with Crippen molar-refractivity contribution in [3.8, 4) is 0 Å². The predicted molar refractivity (Wildman–Crippen MR) is 32.4 cm³/mol. The Hall–Kier alpha value is 1.55. The summed E-state index contributed by atoms with van der Waals surface area (Å²) in [5.74, 6) is 0. The smallest absolute Gasteiger partial charge is 0.267 e. The van der Waals surface area contributed by atoms with Crippen molar-refractivity contribution in [1.29, 1.82) is 0 Å². The minimum Gasteiger partial charge on any atom is -0.285 e. The van der Waals surface area contributed by atoms with E-state index in [0.717, 1.165) is 0 Å². The molecule has 0 aliphatic rings. The summed E-state index contributed by atoms with van der Waals surface area (Å²) in [6, 6.07) is 0. The Balaban J connectivity index is 0. The Morgan fingerprint density at radius 1 is 1.38 bits per heavy atom. The molecule has 45 valence electrons. The molecule has 0 heterocycles. The molecule has 0 spiro atoms. The molecule has 0 saturated heterocycles. The van der Waals surface area contributed by atoms with E-state index in [1.54, 1.807) is 0 Å². The first-order valence-corrected chi connectivity index (χ1v) is 3.41. The fraction of sp³-hybridized carbons (Fsp3) is 1.00. The van der Waals surface area contributed by atoms with Gasteiger partial charge < -0.3 is 0 Å². The van der Waals surface area contributed by atoms with Gasteiger partial charge in [0.1, 0.15) is 0 Å². The zero-order valence-electron chi connectivity index (χ0n) is 5.25. The van der Waals surface area contributed by atoms with E-state index >= 15 is 0 Å². The molecule has 0 bridgehead atoms. The van der Waals surface area contributed by atoms with Crippen LogP contribution < -0.4 is 0 Å². The van der Waals surface area contributed by atoms with E-state index in [0.29, 0.717) is 0 Å². The molecule has 0 atom stereocenters. The molecule has 0 aliphatic carbocycles. The molecule has 1 N–H and O–H groups in total. The Labute approximate surface area is 92.0 Å². The van der Waals surface area contributed by atoms with E-state index < -0.39 is 15.4 Å². The van der Waals surface area contributed by atoms with Gasteiger partial charge in [-0.05, 0) is 13.8 Å². The third-order valence-corrected chi connectivity index (χ3v) is 1.79. The average molecular weight is 163 g/mol. The van der Waals surface area contributed by atoms with E-state index in [2.05, 4.69) is 0 Å². The van der Waals surface area contributed by atoms with Crippen LogP contribution in [0.15, 0.2) is 0 Å². The normalized spacial score (nSPS) is 11.0. The fourth-order valence-corrected chi connectivity index (χ4v) is 0. The first kappa shape index (κ1) is 12.2. The first-order valence-electron chi connectivity index (χ1n) is 1.91. The molecule has 1 radical (unpaired) electrons. The molecule has 5 heteroatoms. The summed E-state index contributed by atoms with van der Waals surface area (Å²) in [4.78, 5) is 0. The molecule has 8 heavy (non-hydrogen) atoms. The Bertz CT molecular complexity index is 137. The van der Waals surface area contributed by atoms with E-state index in [4.69, 9.17) is 4.55 Å². The first-order chi connectivity index (χ1) is 2.94. The molecule has 0 aromatic rings. The van der Waals surface area contributed by atoms with Gasteiger partial charge in [0.05, 0.1) is 5.25 Å². The molecule has 0 saturated carbocycles. The minimum atomic E-state index is -3.74. The van der Waals surface area contributed by atoms with Crippen LogP contribution in [0.1, 0.15) is 13.8 Å². The van der Waals surface area contributed by atoms with Crippen LogP contribution in [-0.2, 0) is 10.1 Å². The van der Waals surface area contributed by atoms with E-state index in [1.165, 1.54) is 13.8 Å². The van der Waals surface area contributed by atoms with Crippen LogP contribution in [0, 0.1) is 0 Å². The van der Waals surface area contributed by atoms with Crippen molar-refractivity contribution in [2.75, 3.05) is 0 Å². The van der Waals surface area contributed by atoms with Crippen LogP contribution in [0.4, 0.5) is 0 Å². The Kier molecular flexibility index (Phi) is 6.70. The second-order valence-corrected chi connectivity index (χ2v) is 3.54. The van der Waals surface area contributed by atoms with Crippen LogP contribution >= 0.6 is 0 Å². The summed E-state index contributed by atoms with van der Waals surface area (Å²) in [7, 11) is -3.74. The molecule has 3 nitrogen and oxygen atoms in total. The quantitative estimate of drug-likeness (QED) is 0.434. The van der Waals surface area contributed by atoms with Gasteiger partial charge in [-0.15, -0.1) is 0 Å². The van der Waals surface area contributed by atoms with Gasteiger partial charge >= 0.3 is 0 Å². The summed E-state index contributed by atoms with van der Waals surface area (Å²) in [5.41, 5.74) is 0. The topological polar surface area (TPSA) is 54.4 Å².